The number of anilines is 1. The second-order valence-corrected chi connectivity index (χ2v) is 4.57. The molecule has 1 aromatic carbocycles. The van der Waals surface area contributed by atoms with Gasteiger partial charge in [-0.05, 0) is 35.7 Å². The number of amides is 1. The van der Waals surface area contributed by atoms with E-state index in [1.54, 1.807) is 23.6 Å². The maximum absolute atomic E-state index is 12.0. The molecule has 0 atom stereocenters. The van der Waals surface area contributed by atoms with Crippen molar-refractivity contribution >= 4 is 28.9 Å². The van der Waals surface area contributed by atoms with Crippen LogP contribution in [0.4, 0.5) is 5.69 Å². The third-order valence-corrected chi connectivity index (χ3v) is 3.34. The van der Waals surface area contributed by atoms with E-state index in [-0.39, 0.29) is 11.5 Å². The molecule has 1 heterocycles. The minimum Gasteiger partial charge on any atom is -0.495 e. The zero-order valence-corrected chi connectivity index (χ0v) is 10.9. The van der Waals surface area contributed by atoms with Crippen LogP contribution in [0.2, 0.25) is 0 Å². The lowest BCUT2D eigenvalue weighted by molar-refractivity contribution is 0.0696. The van der Waals surface area contributed by atoms with E-state index in [0.29, 0.717) is 16.3 Å². The van der Waals surface area contributed by atoms with E-state index >= 15 is 0 Å². The first kappa shape index (κ1) is 13.1. The van der Waals surface area contributed by atoms with Crippen molar-refractivity contribution in [1.82, 2.24) is 0 Å². The number of carbonyl (C=O) groups excluding carboxylic acids is 1. The summed E-state index contributed by atoms with van der Waals surface area (Å²) in [6.45, 7) is 0. The van der Waals surface area contributed by atoms with E-state index in [1.807, 2.05) is 0 Å². The molecule has 0 spiro atoms. The van der Waals surface area contributed by atoms with Gasteiger partial charge in [-0.3, -0.25) is 4.79 Å². The molecule has 1 aromatic heterocycles. The first-order valence-corrected chi connectivity index (χ1v) is 6.26. The van der Waals surface area contributed by atoms with Gasteiger partial charge in [0.1, 0.15) is 10.6 Å². The molecule has 0 radical (unpaired) electrons. The molecule has 0 fully saturated rings. The molecule has 0 saturated heterocycles. The number of aromatic carboxylic acids is 1. The molecule has 0 saturated carbocycles. The number of rotatable bonds is 4. The van der Waals surface area contributed by atoms with Crippen LogP contribution in [-0.2, 0) is 0 Å². The number of thiophene rings is 1. The third-order valence-electron chi connectivity index (χ3n) is 2.44. The predicted octanol–water partition coefficient (Wildman–Crippen LogP) is 2.71. The Hall–Kier alpha value is -2.34. The number of benzene rings is 1. The van der Waals surface area contributed by atoms with Crippen molar-refractivity contribution in [3.8, 4) is 5.75 Å². The Bertz CT molecular complexity index is 603. The van der Waals surface area contributed by atoms with Gasteiger partial charge in [0, 0.05) is 5.69 Å². The summed E-state index contributed by atoms with van der Waals surface area (Å²) in [4.78, 5) is 23.2. The number of hydrogen-bond acceptors (Lipinski definition) is 4. The number of carbonyl (C=O) groups is 2. The molecule has 19 heavy (non-hydrogen) atoms. The molecule has 0 bridgehead atoms. The van der Waals surface area contributed by atoms with Gasteiger partial charge in [0.15, 0.2) is 0 Å². The van der Waals surface area contributed by atoms with Crippen LogP contribution in [0.1, 0.15) is 20.0 Å². The summed E-state index contributed by atoms with van der Waals surface area (Å²) >= 11 is 1.28. The van der Waals surface area contributed by atoms with Gasteiger partial charge in [-0.15, -0.1) is 11.3 Å². The quantitative estimate of drug-likeness (QED) is 0.901. The van der Waals surface area contributed by atoms with Gasteiger partial charge in [-0.2, -0.15) is 0 Å². The average molecular weight is 277 g/mol. The lowest BCUT2D eigenvalue weighted by Crippen LogP contribution is -2.11. The normalized spacial score (nSPS) is 9.95. The molecular weight excluding hydrogens is 266 g/mol. The van der Waals surface area contributed by atoms with Gasteiger partial charge >= 0.3 is 5.97 Å². The molecule has 2 N–H and O–H groups in total. The first-order valence-electron chi connectivity index (χ1n) is 5.38. The summed E-state index contributed by atoms with van der Waals surface area (Å²) in [6, 6.07) is 7.67. The van der Waals surface area contributed by atoms with Crippen LogP contribution in [0.25, 0.3) is 0 Å². The third kappa shape index (κ3) is 2.92. The minimum atomic E-state index is -1.00. The molecule has 0 unspecified atom stereocenters. The average Bonchev–Trinajstić information content (AvgIpc) is 2.87. The minimum absolute atomic E-state index is 0.173. The van der Waals surface area contributed by atoms with Crippen LogP contribution in [0.3, 0.4) is 0 Å². The SMILES string of the molecule is COc1ccsc1C(=O)Nc1ccc(C(=O)O)cc1. The Kier molecular flexibility index (Phi) is 3.82. The highest BCUT2D eigenvalue weighted by atomic mass is 32.1. The number of carboxylic acid groups (broad SMARTS) is 1. The van der Waals surface area contributed by atoms with Crippen LogP contribution in [-0.4, -0.2) is 24.1 Å². The molecule has 0 aliphatic heterocycles. The number of methoxy groups -OCH3 is 1. The zero-order chi connectivity index (χ0) is 13.8. The zero-order valence-electron chi connectivity index (χ0n) is 10.0. The Labute approximate surface area is 113 Å². The summed E-state index contributed by atoms with van der Waals surface area (Å²) < 4.78 is 5.07. The largest absolute Gasteiger partial charge is 0.495 e. The van der Waals surface area contributed by atoms with Crippen LogP contribution in [0.15, 0.2) is 35.7 Å². The fourth-order valence-corrected chi connectivity index (χ4v) is 2.26. The lowest BCUT2D eigenvalue weighted by atomic mass is 10.2. The maximum Gasteiger partial charge on any atom is 0.335 e. The van der Waals surface area contributed by atoms with Crippen molar-refractivity contribution in [3.05, 3.63) is 46.2 Å². The first-order chi connectivity index (χ1) is 9.11. The molecule has 6 heteroatoms. The predicted molar refractivity (Wildman–Crippen MR) is 72.2 cm³/mol. The molecule has 98 valence electrons. The van der Waals surface area contributed by atoms with Crippen LogP contribution in [0.5, 0.6) is 5.75 Å². The molecule has 2 aromatic rings. The van der Waals surface area contributed by atoms with Gasteiger partial charge in [0.25, 0.3) is 5.91 Å². The fraction of sp³-hybridized carbons (Fsp3) is 0.0769. The van der Waals surface area contributed by atoms with Crippen LogP contribution >= 0.6 is 11.3 Å². The highest BCUT2D eigenvalue weighted by Crippen LogP contribution is 2.25. The Morgan fingerprint density at radius 2 is 1.89 bits per heavy atom. The summed E-state index contributed by atoms with van der Waals surface area (Å²) in [5.41, 5.74) is 0.706. The van der Waals surface area contributed by atoms with Crippen LogP contribution < -0.4 is 10.1 Å². The monoisotopic (exact) mass is 277 g/mol. The van der Waals surface area contributed by atoms with E-state index in [9.17, 15) is 9.59 Å². The van der Waals surface area contributed by atoms with Gasteiger partial charge in [-0.25, -0.2) is 4.79 Å². The van der Waals surface area contributed by atoms with E-state index in [0.717, 1.165) is 0 Å². The summed E-state index contributed by atoms with van der Waals surface area (Å²) in [7, 11) is 1.50. The summed E-state index contributed by atoms with van der Waals surface area (Å²) in [5, 5.41) is 13.2. The molecule has 1 amide bonds. The molecular formula is C13H11NO4S. The number of carboxylic acids is 1. The second kappa shape index (κ2) is 5.53. The van der Waals surface area contributed by atoms with E-state index in [4.69, 9.17) is 9.84 Å². The summed E-state index contributed by atoms with van der Waals surface area (Å²) in [5.74, 6) is -0.766. The lowest BCUT2D eigenvalue weighted by Gasteiger charge is -2.05. The topological polar surface area (TPSA) is 75.6 Å². The summed E-state index contributed by atoms with van der Waals surface area (Å²) in [6.07, 6.45) is 0. The fourth-order valence-electron chi connectivity index (χ4n) is 1.51. The molecule has 0 aliphatic carbocycles. The number of ether oxygens (including phenoxy) is 1. The van der Waals surface area contributed by atoms with Crippen molar-refractivity contribution < 1.29 is 19.4 Å². The smallest absolute Gasteiger partial charge is 0.335 e. The van der Waals surface area contributed by atoms with Gasteiger partial charge in [-0.1, -0.05) is 0 Å². The molecule has 2 rings (SSSR count). The van der Waals surface area contributed by atoms with Crippen molar-refractivity contribution in [2.24, 2.45) is 0 Å². The number of nitrogens with one attached hydrogen (secondary N) is 1. The Morgan fingerprint density at radius 3 is 2.47 bits per heavy atom. The Morgan fingerprint density at radius 1 is 1.21 bits per heavy atom. The number of hydrogen-bond donors (Lipinski definition) is 2. The Balaban J connectivity index is 2.13. The molecule has 5 nitrogen and oxygen atoms in total. The van der Waals surface area contributed by atoms with Crippen molar-refractivity contribution in [3.63, 3.8) is 0 Å². The standard InChI is InChI=1S/C13H11NO4S/c1-18-10-6-7-19-11(10)12(15)14-9-4-2-8(3-5-9)13(16)17/h2-7H,1H3,(H,14,15)(H,16,17). The van der Waals surface area contributed by atoms with E-state index in [2.05, 4.69) is 5.32 Å². The van der Waals surface area contributed by atoms with Gasteiger partial charge in [0.2, 0.25) is 0 Å². The van der Waals surface area contributed by atoms with Crippen molar-refractivity contribution in [1.29, 1.82) is 0 Å². The highest BCUT2D eigenvalue weighted by molar-refractivity contribution is 7.12. The molecule has 0 aliphatic rings. The van der Waals surface area contributed by atoms with Crippen molar-refractivity contribution in [2.75, 3.05) is 12.4 Å². The highest BCUT2D eigenvalue weighted by Gasteiger charge is 2.14. The van der Waals surface area contributed by atoms with Gasteiger partial charge < -0.3 is 15.2 Å². The maximum atomic E-state index is 12.0. The van der Waals surface area contributed by atoms with E-state index in [1.165, 1.54) is 30.6 Å². The second-order valence-electron chi connectivity index (χ2n) is 3.65. The van der Waals surface area contributed by atoms with Crippen LogP contribution in [0, 0.1) is 0 Å². The van der Waals surface area contributed by atoms with Crippen molar-refractivity contribution in [2.45, 2.75) is 0 Å². The van der Waals surface area contributed by atoms with E-state index < -0.39 is 5.97 Å². The van der Waals surface area contributed by atoms with Gasteiger partial charge in [0.05, 0.1) is 12.7 Å².